The summed E-state index contributed by atoms with van der Waals surface area (Å²) in [6.45, 7) is 5.66. The van der Waals surface area contributed by atoms with Gasteiger partial charge in [-0.2, -0.15) is 0 Å². The SMILES string of the molecule is Cc1nc(CNC(=NCc2ccc(S(N)(=O)=O)cc2)NCCc2ccco2)sc1C. The van der Waals surface area contributed by atoms with Crippen molar-refractivity contribution in [3.8, 4) is 0 Å². The molecule has 0 aliphatic heterocycles. The Morgan fingerprint density at radius 1 is 1.20 bits per heavy atom. The number of sulfonamides is 1. The van der Waals surface area contributed by atoms with Gasteiger partial charge in [-0.1, -0.05) is 12.1 Å². The summed E-state index contributed by atoms with van der Waals surface area (Å²) in [7, 11) is -3.70. The molecule has 8 nitrogen and oxygen atoms in total. The third kappa shape index (κ3) is 6.41. The molecule has 0 atom stereocenters. The van der Waals surface area contributed by atoms with Crippen molar-refractivity contribution in [1.29, 1.82) is 0 Å². The van der Waals surface area contributed by atoms with E-state index in [-0.39, 0.29) is 4.90 Å². The van der Waals surface area contributed by atoms with E-state index in [9.17, 15) is 8.42 Å². The van der Waals surface area contributed by atoms with Gasteiger partial charge in [0.25, 0.3) is 0 Å². The number of aliphatic imine (C=N–C) groups is 1. The van der Waals surface area contributed by atoms with Crippen molar-refractivity contribution in [1.82, 2.24) is 15.6 Å². The molecular formula is C20H25N5O3S2. The summed E-state index contributed by atoms with van der Waals surface area (Å²) < 4.78 is 28.1. The van der Waals surface area contributed by atoms with Crippen LogP contribution in [0, 0.1) is 13.8 Å². The zero-order valence-electron chi connectivity index (χ0n) is 16.9. The third-order valence-electron chi connectivity index (χ3n) is 4.40. The number of thiazole rings is 1. The molecule has 0 aliphatic carbocycles. The number of nitrogens with two attached hydrogens (primary N) is 1. The summed E-state index contributed by atoms with van der Waals surface area (Å²) in [5, 5.41) is 12.7. The summed E-state index contributed by atoms with van der Waals surface area (Å²) in [6, 6.07) is 10.2. The second-order valence-electron chi connectivity index (χ2n) is 6.71. The average molecular weight is 448 g/mol. The van der Waals surface area contributed by atoms with Crippen LogP contribution in [0.15, 0.2) is 57.0 Å². The van der Waals surface area contributed by atoms with Gasteiger partial charge in [0, 0.05) is 17.8 Å². The summed E-state index contributed by atoms with van der Waals surface area (Å²) in [5.74, 6) is 1.54. The monoisotopic (exact) mass is 447 g/mol. The lowest BCUT2D eigenvalue weighted by molar-refractivity contribution is 0.506. The van der Waals surface area contributed by atoms with Gasteiger partial charge < -0.3 is 15.1 Å². The molecule has 0 aliphatic rings. The molecule has 160 valence electrons. The van der Waals surface area contributed by atoms with Crippen molar-refractivity contribution >= 4 is 27.3 Å². The van der Waals surface area contributed by atoms with Crippen LogP contribution in [0.5, 0.6) is 0 Å². The van der Waals surface area contributed by atoms with Gasteiger partial charge in [0.1, 0.15) is 10.8 Å². The molecule has 0 fully saturated rings. The van der Waals surface area contributed by atoms with Crippen LogP contribution < -0.4 is 15.8 Å². The first-order valence-electron chi connectivity index (χ1n) is 9.40. The van der Waals surface area contributed by atoms with Crippen LogP contribution in [-0.2, 0) is 29.5 Å². The molecule has 2 aromatic heterocycles. The number of benzene rings is 1. The van der Waals surface area contributed by atoms with Gasteiger partial charge >= 0.3 is 0 Å². The van der Waals surface area contributed by atoms with Gasteiger partial charge in [0.15, 0.2) is 5.96 Å². The predicted octanol–water partition coefficient (Wildman–Crippen LogP) is 2.48. The largest absolute Gasteiger partial charge is 0.469 e. The molecule has 0 spiro atoms. The summed E-state index contributed by atoms with van der Waals surface area (Å²) in [4.78, 5) is 10.4. The Hall–Kier alpha value is -2.69. The van der Waals surface area contributed by atoms with Gasteiger partial charge in [-0.15, -0.1) is 11.3 Å². The summed E-state index contributed by atoms with van der Waals surface area (Å²) in [6.07, 6.45) is 2.38. The number of rotatable bonds is 8. The van der Waals surface area contributed by atoms with Crippen LogP contribution in [0.3, 0.4) is 0 Å². The van der Waals surface area contributed by atoms with Gasteiger partial charge in [0.05, 0.1) is 29.9 Å². The van der Waals surface area contributed by atoms with E-state index in [2.05, 4.69) is 27.5 Å². The highest BCUT2D eigenvalue weighted by atomic mass is 32.2. The Balaban J connectivity index is 1.64. The first-order valence-corrected chi connectivity index (χ1v) is 11.8. The maximum Gasteiger partial charge on any atom is 0.238 e. The van der Waals surface area contributed by atoms with Crippen LogP contribution in [-0.4, -0.2) is 25.9 Å². The molecular weight excluding hydrogens is 422 g/mol. The number of aryl methyl sites for hydroxylation is 2. The molecule has 0 bridgehead atoms. The number of nitrogens with zero attached hydrogens (tertiary/aromatic N) is 2. The Labute approximate surface area is 180 Å². The number of hydrogen-bond acceptors (Lipinski definition) is 6. The average Bonchev–Trinajstić information content (AvgIpc) is 3.33. The smallest absolute Gasteiger partial charge is 0.238 e. The molecule has 2 heterocycles. The van der Waals surface area contributed by atoms with Gasteiger partial charge in [0.2, 0.25) is 10.0 Å². The molecule has 0 radical (unpaired) electrons. The second-order valence-corrected chi connectivity index (χ2v) is 9.56. The summed E-state index contributed by atoms with van der Waals surface area (Å²) >= 11 is 1.66. The van der Waals surface area contributed by atoms with E-state index in [0.717, 1.165) is 28.4 Å². The number of primary sulfonamides is 1. The number of nitrogens with one attached hydrogen (secondary N) is 2. The minimum atomic E-state index is -3.70. The first kappa shape index (κ1) is 22.0. The van der Waals surface area contributed by atoms with E-state index in [1.54, 1.807) is 29.7 Å². The minimum Gasteiger partial charge on any atom is -0.469 e. The quantitative estimate of drug-likeness (QED) is 0.360. The zero-order valence-corrected chi connectivity index (χ0v) is 18.5. The molecule has 30 heavy (non-hydrogen) atoms. The highest BCUT2D eigenvalue weighted by Gasteiger charge is 2.08. The van der Waals surface area contributed by atoms with Crippen LogP contribution >= 0.6 is 11.3 Å². The van der Waals surface area contributed by atoms with E-state index in [1.807, 2.05) is 19.1 Å². The molecule has 0 saturated heterocycles. The van der Waals surface area contributed by atoms with E-state index in [4.69, 9.17) is 9.56 Å². The fourth-order valence-electron chi connectivity index (χ4n) is 2.66. The lowest BCUT2D eigenvalue weighted by Gasteiger charge is -2.11. The van der Waals surface area contributed by atoms with Crippen LogP contribution in [0.4, 0.5) is 0 Å². The van der Waals surface area contributed by atoms with Gasteiger partial charge in [-0.05, 0) is 43.7 Å². The lowest BCUT2D eigenvalue weighted by atomic mass is 10.2. The van der Waals surface area contributed by atoms with E-state index < -0.39 is 10.0 Å². The minimum absolute atomic E-state index is 0.0830. The topological polar surface area (TPSA) is 123 Å². The van der Waals surface area contributed by atoms with Crippen molar-refractivity contribution in [2.45, 2.75) is 38.3 Å². The number of hydrogen-bond donors (Lipinski definition) is 3. The Bertz CT molecular complexity index is 1070. The van der Waals surface area contributed by atoms with Crippen molar-refractivity contribution < 1.29 is 12.8 Å². The Kier molecular flexibility index (Phi) is 7.24. The van der Waals surface area contributed by atoms with Gasteiger partial charge in [-0.3, -0.25) is 0 Å². The van der Waals surface area contributed by atoms with Crippen LogP contribution in [0.25, 0.3) is 0 Å². The molecule has 10 heteroatoms. The molecule has 3 rings (SSSR count). The first-order chi connectivity index (χ1) is 14.3. The fraction of sp³-hybridized carbons (Fsp3) is 0.300. The fourth-order valence-corrected chi connectivity index (χ4v) is 4.05. The molecule has 1 aromatic carbocycles. The highest BCUT2D eigenvalue weighted by Crippen LogP contribution is 2.16. The maximum absolute atomic E-state index is 11.4. The molecule has 4 N–H and O–H groups in total. The Morgan fingerprint density at radius 3 is 2.57 bits per heavy atom. The second kappa shape index (κ2) is 9.88. The van der Waals surface area contributed by atoms with Crippen LogP contribution in [0.1, 0.15) is 26.9 Å². The number of furan rings is 1. The van der Waals surface area contributed by atoms with Gasteiger partial charge in [-0.25, -0.2) is 23.5 Å². The normalized spacial score (nSPS) is 12.2. The van der Waals surface area contributed by atoms with E-state index in [1.165, 1.54) is 17.0 Å². The highest BCUT2D eigenvalue weighted by molar-refractivity contribution is 7.89. The maximum atomic E-state index is 11.4. The molecule has 0 amide bonds. The van der Waals surface area contributed by atoms with Crippen molar-refractivity contribution in [2.75, 3.05) is 6.54 Å². The summed E-state index contributed by atoms with van der Waals surface area (Å²) in [5.41, 5.74) is 1.91. The molecule has 3 aromatic rings. The molecule has 0 saturated carbocycles. The Morgan fingerprint density at radius 2 is 1.97 bits per heavy atom. The number of aromatic nitrogens is 1. The zero-order chi connectivity index (χ0) is 21.6. The van der Waals surface area contributed by atoms with E-state index in [0.29, 0.717) is 25.6 Å². The third-order valence-corrected chi connectivity index (χ3v) is 6.40. The van der Waals surface area contributed by atoms with Crippen molar-refractivity contribution in [3.05, 3.63) is 69.6 Å². The number of guanidine groups is 1. The van der Waals surface area contributed by atoms with Crippen LogP contribution in [0.2, 0.25) is 0 Å². The van der Waals surface area contributed by atoms with E-state index >= 15 is 0 Å². The lowest BCUT2D eigenvalue weighted by Crippen LogP contribution is -2.38. The predicted molar refractivity (Wildman–Crippen MR) is 118 cm³/mol. The van der Waals surface area contributed by atoms with Crippen molar-refractivity contribution in [3.63, 3.8) is 0 Å². The van der Waals surface area contributed by atoms with Crippen molar-refractivity contribution in [2.24, 2.45) is 10.1 Å². The molecule has 0 unspecified atom stereocenters. The standard InChI is InChI=1S/C20H25N5O3S2/c1-14-15(2)29-19(25-14)13-24-20(22-10-9-17-4-3-11-28-17)23-12-16-5-7-18(8-6-16)30(21,26)27/h3-8,11H,9-10,12-13H2,1-2H3,(H2,21,26,27)(H2,22,23,24).